The van der Waals surface area contributed by atoms with Crippen molar-refractivity contribution in [3.63, 3.8) is 0 Å². The van der Waals surface area contributed by atoms with Crippen LogP contribution in [0.4, 0.5) is 0 Å². The minimum absolute atomic E-state index is 0.172. The summed E-state index contributed by atoms with van der Waals surface area (Å²) in [5, 5.41) is 0. The molecule has 0 spiro atoms. The summed E-state index contributed by atoms with van der Waals surface area (Å²) in [6.07, 6.45) is 3.51. The van der Waals surface area contributed by atoms with Crippen molar-refractivity contribution in [2.24, 2.45) is 5.41 Å². The Balaban J connectivity index is 2.48. The summed E-state index contributed by atoms with van der Waals surface area (Å²) < 4.78 is 5.64. The third kappa shape index (κ3) is 2.38. The predicted molar refractivity (Wildman–Crippen MR) is 51.0 cm³/mol. The largest absolute Gasteiger partial charge is 0.364 e. The second kappa shape index (κ2) is 2.98. The first kappa shape index (κ1) is 9.40. The van der Waals surface area contributed by atoms with Crippen molar-refractivity contribution in [3.8, 4) is 0 Å². The van der Waals surface area contributed by atoms with Crippen molar-refractivity contribution in [1.29, 1.82) is 0 Å². The molecule has 0 bridgehead atoms. The lowest BCUT2D eigenvalue weighted by atomic mass is 9.81. The molecule has 66 valence electrons. The summed E-state index contributed by atoms with van der Waals surface area (Å²) in [6.45, 7) is 7.43. The summed E-state index contributed by atoms with van der Waals surface area (Å²) in [5.74, 6) is 0. The van der Waals surface area contributed by atoms with Gasteiger partial charge in [0.1, 0.15) is 4.93 Å². The molecule has 1 heterocycles. The van der Waals surface area contributed by atoms with Crippen molar-refractivity contribution in [1.82, 2.24) is 0 Å². The van der Waals surface area contributed by atoms with E-state index in [-0.39, 0.29) is 4.93 Å². The van der Waals surface area contributed by atoms with Crippen LogP contribution in [0.2, 0.25) is 0 Å². The van der Waals surface area contributed by atoms with E-state index in [9.17, 15) is 0 Å². The van der Waals surface area contributed by atoms with Gasteiger partial charge in [0, 0.05) is 0 Å². The van der Waals surface area contributed by atoms with Gasteiger partial charge in [-0.15, -0.1) is 12.6 Å². The summed E-state index contributed by atoms with van der Waals surface area (Å²) in [5.41, 5.74) is 0.405. The van der Waals surface area contributed by atoms with Crippen LogP contribution in [0, 0.1) is 5.41 Å². The van der Waals surface area contributed by atoms with Gasteiger partial charge >= 0.3 is 0 Å². The van der Waals surface area contributed by atoms with Gasteiger partial charge in [-0.05, 0) is 31.6 Å². The minimum Gasteiger partial charge on any atom is -0.364 e. The van der Waals surface area contributed by atoms with Crippen LogP contribution in [-0.2, 0) is 4.74 Å². The van der Waals surface area contributed by atoms with Crippen LogP contribution in [0.25, 0.3) is 0 Å². The Bertz CT molecular complexity index is 132. The summed E-state index contributed by atoms with van der Waals surface area (Å²) in [7, 11) is 0. The molecule has 1 saturated heterocycles. The van der Waals surface area contributed by atoms with Crippen LogP contribution in [0.15, 0.2) is 0 Å². The average molecular weight is 174 g/mol. The number of hydrogen-bond acceptors (Lipinski definition) is 2. The van der Waals surface area contributed by atoms with E-state index in [1.807, 2.05) is 6.92 Å². The maximum atomic E-state index is 5.64. The van der Waals surface area contributed by atoms with Gasteiger partial charge in [-0.3, -0.25) is 0 Å². The van der Waals surface area contributed by atoms with Crippen LogP contribution < -0.4 is 0 Å². The first-order chi connectivity index (χ1) is 4.97. The molecule has 0 aliphatic carbocycles. The molecular formula is C9H18OS. The second-order valence-electron chi connectivity index (χ2n) is 4.13. The maximum absolute atomic E-state index is 5.64. The summed E-state index contributed by atoms with van der Waals surface area (Å²) >= 11 is 4.41. The van der Waals surface area contributed by atoms with Gasteiger partial charge < -0.3 is 4.74 Å². The smallest absolute Gasteiger partial charge is 0.108 e. The molecule has 11 heavy (non-hydrogen) atoms. The molecule has 0 aromatic rings. The highest BCUT2D eigenvalue weighted by atomic mass is 32.1. The van der Waals surface area contributed by atoms with Crippen LogP contribution in [0.1, 0.15) is 40.0 Å². The minimum atomic E-state index is -0.172. The van der Waals surface area contributed by atoms with Crippen LogP contribution >= 0.6 is 12.6 Å². The Morgan fingerprint density at radius 1 is 1.36 bits per heavy atom. The van der Waals surface area contributed by atoms with E-state index in [0.717, 1.165) is 13.0 Å². The molecule has 1 aliphatic heterocycles. The van der Waals surface area contributed by atoms with E-state index in [4.69, 9.17) is 4.74 Å². The van der Waals surface area contributed by atoms with Gasteiger partial charge in [-0.2, -0.15) is 0 Å². The fourth-order valence-electron chi connectivity index (χ4n) is 1.29. The third-order valence-electron chi connectivity index (χ3n) is 2.78. The van der Waals surface area contributed by atoms with Crippen LogP contribution in [0.3, 0.4) is 0 Å². The van der Waals surface area contributed by atoms with Crippen molar-refractivity contribution in [3.05, 3.63) is 0 Å². The molecule has 0 saturated carbocycles. The summed E-state index contributed by atoms with van der Waals surface area (Å²) in [4.78, 5) is -0.172. The first-order valence-electron chi connectivity index (χ1n) is 4.34. The Kier molecular flexibility index (Phi) is 2.55. The normalized spacial score (nSPS) is 45.8. The molecule has 1 fully saturated rings. The van der Waals surface area contributed by atoms with E-state index < -0.39 is 0 Å². The van der Waals surface area contributed by atoms with Gasteiger partial charge in [-0.25, -0.2) is 0 Å². The molecule has 1 nitrogen and oxygen atoms in total. The molecule has 1 aliphatic rings. The van der Waals surface area contributed by atoms with Crippen molar-refractivity contribution in [2.75, 3.05) is 6.61 Å². The molecular weight excluding hydrogens is 156 g/mol. The number of ether oxygens (including phenoxy) is 1. The van der Waals surface area contributed by atoms with Gasteiger partial charge in [-0.1, -0.05) is 13.8 Å². The number of thiol groups is 1. The van der Waals surface area contributed by atoms with Gasteiger partial charge in [0.25, 0.3) is 0 Å². The highest BCUT2D eigenvalue weighted by molar-refractivity contribution is 7.81. The Labute approximate surface area is 74.9 Å². The van der Waals surface area contributed by atoms with Crippen LogP contribution in [0.5, 0.6) is 0 Å². The molecule has 0 N–H and O–H groups in total. The van der Waals surface area contributed by atoms with Crippen molar-refractivity contribution in [2.45, 2.75) is 45.0 Å². The molecule has 2 heteroatoms. The van der Waals surface area contributed by atoms with E-state index in [1.54, 1.807) is 0 Å². The Hall–Kier alpha value is 0.310. The van der Waals surface area contributed by atoms with E-state index in [1.165, 1.54) is 12.8 Å². The predicted octanol–water partition coefficient (Wildman–Crippen LogP) is 2.86. The molecule has 2 unspecified atom stereocenters. The van der Waals surface area contributed by atoms with E-state index in [2.05, 4.69) is 26.5 Å². The Morgan fingerprint density at radius 2 is 2.00 bits per heavy atom. The number of rotatable bonds is 1. The lowest BCUT2D eigenvalue weighted by Crippen LogP contribution is -2.37. The number of hydrogen-bond donors (Lipinski definition) is 1. The zero-order valence-corrected chi connectivity index (χ0v) is 8.58. The highest BCUT2D eigenvalue weighted by Gasteiger charge is 2.34. The molecule has 0 radical (unpaired) electrons. The van der Waals surface area contributed by atoms with Crippen molar-refractivity contribution < 1.29 is 4.74 Å². The zero-order valence-electron chi connectivity index (χ0n) is 7.68. The monoisotopic (exact) mass is 174 g/mol. The molecule has 0 amide bonds. The lowest BCUT2D eigenvalue weighted by molar-refractivity contribution is -0.0665. The fraction of sp³-hybridized carbons (Fsp3) is 1.00. The van der Waals surface area contributed by atoms with E-state index >= 15 is 0 Å². The lowest BCUT2D eigenvalue weighted by Gasteiger charge is -2.40. The molecule has 1 rings (SSSR count). The quantitative estimate of drug-likeness (QED) is 0.601. The maximum Gasteiger partial charge on any atom is 0.108 e. The zero-order chi connectivity index (χ0) is 8.54. The first-order valence-corrected chi connectivity index (χ1v) is 4.78. The molecule has 2 atom stereocenters. The third-order valence-corrected chi connectivity index (χ3v) is 3.13. The van der Waals surface area contributed by atoms with E-state index in [0.29, 0.717) is 5.41 Å². The standard InChI is InChI=1S/C9H18OS/c1-4-8(2)5-6-9(3,11)10-7-8/h11H,4-7H2,1-3H3. The Morgan fingerprint density at radius 3 is 2.36 bits per heavy atom. The fourth-order valence-corrected chi connectivity index (χ4v) is 1.46. The van der Waals surface area contributed by atoms with Crippen LogP contribution in [-0.4, -0.2) is 11.5 Å². The topological polar surface area (TPSA) is 9.23 Å². The van der Waals surface area contributed by atoms with Gasteiger partial charge in [0.2, 0.25) is 0 Å². The molecule has 0 aromatic carbocycles. The molecule has 0 aromatic heterocycles. The van der Waals surface area contributed by atoms with Gasteiger partial charge in [0.05, 0.1) is 6.61 Å². The average Bonchev–Trinajstić information content (AvgIpc) is 1.97. The summed E-state index contributed by atoms with van der Waals surface area (Å²) in [6, 6.07) is 0. The second-order valence-corrected chi connectivity index (χ2v) is 5.07. The SMILES string of the molecule is CCC1(C)CCC(C)(S)OC1. The highest BCUT2D eigenvalue weighted by Crippen LogP contribution is 2.39. The van der Waals surface area contributed by atoms with Gasteiger partial charge in [0.15, 0.2) is 0 Å². The van der Waals surface area contributed by atoms with Crippen molar-refractivity contribution >= 4 is 12.6 Å².